The Labute approximate surface area is 108 Å². The minimum atomic E-state index is -0.255. The van der Waals surface area contributed by atoms with Crippen LogP contribution in [0.2, 0.25) is 0 Å². The lowest BCUT2D eigenvalue weighted by atomic mass is 10.2. The SMILES string of the molecule is CCc1cc(C(=O)Nc2nnc(C)s2)cc(N)n1. The van der Waals surface area contributed by atoms with Crippen LogP contribution in [-0.2, 0) is 6.42 Å². The number of nitrogens with one attached hydrogen (secondary N) is 1. The van der Waals surface area contributed by atoms with Crippen LogP contribution in [0, 0.1) is 6.92 Å². The number of nitrogen functional groups attached to an aromatic ring is 1. The molecule has 0 aromatic carbocycles. The fourth-order valence-corrected chi connectivity index (χ4v) is 2.03. The Hall–Kier alpha value is -2.02. The first-order valence-corrected chi connectivity index (χ1v) is 6.28. The molecule has 2 aromatic heterocycles. The molecule has 0 aliphatic heterocycles. The molecule has 0 aliphatic rings. The molecule has 2 heterocycles. The second kappa shape index (κ2) is 5.09. The molecule has 2 rings (SSSR count). The lowest BCUT2D eigenvalue weighted by molar-refractivity contribution is 0.102. The summed E-state index contributed by atoms with van der Waals surface area (Å²) in [4.78, 5) is 16.1. The number of pyridine rings is 1. The molecule has 0 spiro atoms. The summed E-state index contributed by atoms with van der Waals surface area (Å²) in [6, 6.07) is 3.27. The van der Waals surface area contributed by atoms with Crippen molar-refractivity contribution in [1.82, 2.24) is 15.2 Å². The van der Waals surface area contributed by atoms with E-state index < -0.39 is 0 Å². The number of rotatable bonds is 3. The van der Waals surface area contributed by atoms with E-state index in [0.717, 1.165) is 17.1 Å². The quantitative estimate of drug-likeness (QED) is 0.878. The summed E-state index contributed by atoms with van der Waals surface area (Å²) >= 11 is 1.32. The number of aromatic nitrogens is 3. The summed E-state index contributed by atoms with van der Waals surface area (Å²) in [5.41, 5.74) is 6.92. The van der Waals surface area contributed by atoms with Crippen LogP contribution >= 0.6 is 11.3 Å². The molecule has 6 nitrogen and oxygen atoms in total. The molecule has 0 radical (unpaired) electrons. The summed E-state index contributed by atoms with van der Waals surface area (Å²) < 4.78 is 0. The van der Waals surface area contributed by atoms with Crippen LogP contribution in [0.4, 0.5) is 10.9 Å². The standard InChI is InChI=1S/C11H13N5OS/c1-3-8-4-7(5-9(12)13-8)10(17)14-11-16-15-6(2)18-11/h4-5H,3H2,1-2H3,(H2,12,13)(H,14,16,17). The van der Waals surface area contributed by atoms with E-state index in [0.29, 0.717) is 16.5 Å². The first-order chi connectivity index (χ1) is 8.58. The van der Waals surface area contributed by atoms with Gasteiger partial charge >= 0.3 is 0 Å². The van der Waals surface area contributed by atoms with Crippen molar-refractivity contribution in [3.8, 4) is 0 Å². The van der Waals surface area contributed by atoms with Gasteiger partial charge in [0.25, 0.3) is 5.91 Å². The van der Waals surface area contributed by atoms with Gasteiger partial charge in [-0.2, -0.15) is 0 Å². The molecule has 0 saturated carbocycles. The van der Waals surface area contributed by atoms with Crippen molar-refractivity contribution >= 4 is 28.2 Å². The van der Waals surface area contributed by atoms with Gasteiger partial charge in [0.05, 0.1) is 0 Å². The van der Waals surface area contributed by atoms with Crippen molar-refractivity contribution in [2.75, 3.05) is 11.1 Å². The number of anilines is 2. The molecule has 1 amide bonds. The first kappa shape index (κ1) is 12.4. The fraction of sp³-hybridized carbons (Fsp3) is 0.273. The van der Waals surface area contributed by atoms with Gasteiger partial charge in [0.1, 0.15) is 10.8 Å². The normalized spacial score (nSPS) is 10.3. The lowest BCUT2D eigenvalue weighted by Crippen LogP contribution is -2.13. The van der Waals surface area contributed by atoms with Crippen molar-refractivity contribution < 1.29 is 4.79 Å². The summed E-state index contributed by atoms with van der Waals surface area (Å²) in [5, 5.41) is 11.6. The number of nitrogens with two attached hydrogens (primary N) is 1. The maximum atomic E-state index is 12.0. The third-order valence-electron chi connectivity index (χ3n) is 2.27. The first-order valence-electron chi connectivity index (χ1n) is 5.46. The number of carbonyl (C=O) groups excluding carboxylic acids is 1. The molecule has 0 saturated heterocycles. The Kier molecular flexibility index (Phi) is 3.52. The average molecular weight is 263 g/mol. The highest BCUT2D eigenvalue weighted by Crippen LogP contribution is 2.16. The molecule has 3 N–H and O–H groups in total. The molecule has 0 unspecified atom stereocenters. The molecule has 2 aromatic rings. The minimum Gasteiger partial charge on any atom is -0.384 e. The number of amides is 1. The predicted molar refractivity (Wildman–Crippen MR) is 70.6 cm³/mol. The molecule has 0 bridgehead atoms. The van der Waals surface area contributed by atoms with Gasteiger partial charge < -0.3 is 5.73 Å². The van der Waals surface area contributed by atoms with Crippen LogP contribution in [-0.4, -0.2) is 21.1 Å². The number of carbonyl (C=O) groups is 1. The molecular weight excluding hydrogens is 250 g/mol. The van der Waals surface area contributed by atoms with Crippen LogP contribution < -0.4 is 11.1 Å². The molecule has 0 atom stereocenters. The van der Waals surface area contributed by atoms with E-state index in [4.69, 9.17) is 5.73 Å². The van der Waals surface area contributed by atoms with E-state index in [1.807, 2.05) is 13.8 Å². The third kappa shape index (κ3) is 2.80. The Morgan fingerprint density at radius 3 is 2.83 bits per heavy atom. The molecule has 7 heteroatoms. The van der Waals surface area contributed by atoms with Crippen LogP contribution in [0.25, 0.3) is 0 Å². The summed E-state index contributed by atoms with van der Waals surface area (Å²) in [7, 11) is 0. The zero-order valence-corrected chi connectivity index (χ0v) is 10.9. The van der Waals surface area contributed by atoms with E-state index in [1.165, 1.54) is 11.3 Å². The van der Waals surface area contributed by atoms with Gasteiger partial charge in [-0.1, -0.05) is 18.3 Å². The minimum absolute atomic E-state index is 0.255. The zero-order valence-electron chi connectivity index (χ0n) is 10.1. The van der Waals surface area contributed by atoms with Crippen LogP contribution in [0.3, 0.4) is 0 Å². The second-order valence-corrected chi connectivity index (χ2v) is 4.89. The van der Waals surface area contributed by atoms with Crippen LogP contribution in [0.15, 0.2) is 12.1 Å². The highest BCUT2D eigenvalue weighted by molar-refractivity contribution is 7.15. The predicted octanol–water partition coefficient (Wildman–Crippen LogP) is 1.64. The average Bonchev–Trinajstić information content (AvgIpc) is 2.73. The highest BCUT2D eigenvalue weighted by Gasteiger charge is 2.11. The Bertz CT molecular complexity index is 581. The molecule has 0 fully saturated rings. The van der Waals surface area contributed by atoms with E-state index in [1.54, 1.807) is 12.1 Å². The van der Waals surface area contributed by atoms with E-state index in [9.17, 15) is 4.79 Å². The number of hydrogen-bond donors (Lipinski definition) is 2. The third-order valence-corrected chi connectivity index (χ3v) is 3.02. The second-order valence-electron chi connectivity index (χ2n) is 3.71. The number of aryl methyl sites for hydroxylation is 2. The molecule has 0 aliphatic carbocycles. The van der Waals surface area contributed by atoms with Gasteiger partial charge in [0, 0.05) is 11.3 Å². The van der Waals surface area contributed by atoms with Gasteiger partial charge in [-0.05, 0) is 25.5 Å². The van der Waals surface area contributed by atoms with E-state index in [-0.39, 0.29) is 5.91 Å². The zero-order chi connectivity index (χ0) is 13.1. The topological polar surface area (TPSA) is 93.8 Å². The largest absolute Gasteiger partial charge is 0.384 e. The Balaban J connectivity index is 2.20. The van der Waals surface area contributed by atoms with E-state index >= 15 is 0 Å². The maximum Gasteiger partial charge on any atom is 0.257 e. The van der Waals surface area contributed by atoms with Gasteiger partial charge in [-0.15, -0.1) is 10.2 Å². The van der Waals surface area contributed by atoms with Crippen molar-refractivity contribution in [2.24, 2.45) is 0 Å². The Morgan fingerprint density at radius 1 is 1.44 bits per heavy atom. The van der Waals surface area contributed by atoms with Crippen molar-refractivity contribution in [3.05, 3.63) is 28.4 Å². The molecular formula is C11H13N5OS. The van der Waals surface area contributed by atoms with Crippen LogP contribution in [0.1, 0.15) is 28.0 Å². The summed E-state index contributed by atoms with van der Waals surface area (Å²) in [6.07, 6.45) is 0.725. The Morgan fingerprint density at radius 2 is 2.22 bits per heavy atom. The number of nitrogens with zero attached hydrogens (tertiary/aromatic N) is 3. The molecule has 18 heavy (non-hydrogen) atoms. The van der Waals surface area contributed by atoms with Gasteiger partial charge in [0.2, 0.25) is 5.13 Å². The monoisotopic (exact) mass is 263 g/mol. The summed E-state index contributed by atoms with van der Waals surface area (Å²) in [6.45, 7) is 3.78. The lowest BCUT2D eigenvalue weighted by Gasteiger charge is -2.04. The van der Waals surface area contributed by atoms with E-state index in [2.05, 4.69) is 20.5 Å². The van der Waals surface area contributed by atoms with Crippen molar-refractivity contribution in [3.63, 3.8) is 0 Å². The van der Waals surface area contributed by atoms with Gasteiger partial charge in [-0.25, -0.2) is 4.98 Å². The van der Waals surface area contributed by atoms with Crippen molar-refractivity contribution in [1.29, 1.82) is 0 Å². The maximum absolute atomic E-state index is 12.0. The van der Waals surface area contributed by atoms with Gasteiger partial charge in [-0.3, -0.25) is 10.1 Å². The van der Waals surface area contributed by atoms with Gasteiger partial charge in [0.15, 0.2) is 0 Å². The highest BCUT2D eigenvalue weighted by atomic mass is 32.1. The van der Waals surface area contributed by atoms with Crippen molar-refractivity contribution in [2.45, 2.75) is 20.3 Å². The summed E-state index contributed by atoms with van der Waals surface area (Å²) in [5.74, 6) is 0.0860. The molecule has 94 valence electrons. The fourth-order valence-electron chi connectivity index (χ4n) is 1.44. The van der Waals surface area contributed by atoms with Crippen LogP contribution in [0.5, 0.6) is 0 Å². The number of hydrogen-bond acceptors (Lipinski definition) is 6. The smallest absolute Gasteiger partial charge is 0.257 e.